The molecule has 6 nitrogen and oxygen atoms in total. The second kappa shape index (κ2) is 49.7. The van der Waals surface area contributed by atoms with Gasteiger partial charge >= 0.3 is 17.9 Å². The smallest absolute Gasteiger partial charge is 0.306 e. The van der Waals surface area contributed by atoms with Gasteiger partial charge in [0.1, 0.15) is 13.2 Å². The summed E-state index contributed by atoms with van der Waals surface area (Å²) < 4.78 is 16.6. The highest BCUT2D eigenvalue weighted by Crippen LogP contribution is 2.11. The zero-order valence-corrected chi connectivity index (χ0v) is 39.5. The van der Waals surface area contributed by atoms with Crippen LogP contribution in [0.15, 0.2) is 158 Å². The molecule has 0 rings (SSSR count). The monoisotopic (exact) mass is 865 g/mol. The maximum atomic E-state index is 12.7. The molecule has 0 spiro atoms. The van der Waals surface area contributed by atoms with Gasteiger partial charge in [-0.25, -0.2) is 0 Å². The van der Waals surface area contributed by atoms with Crippen LogP contribution in [0.4, 0.5) is 0 Å². The number of hydrogen-bond donors (Lipinski definition) is 0. The lowest BCUT2D eigenvalue weighted by Crippen LogP contribution is -2.30. The van der Waals surface area contributed by atoms with E-state index in [9.17, 15) is 14.4 Å². The summed E-state index contributed by atoms with van der Waals surface area (Å²) in [6.45, 7) is 6.09. The first-order chi connectivity index (χ1) is 31.0. The van der Waals surface area contributed by atoms with Gasteiger partial charge < -0.3 is 14.2 Å². The lowest BCUT2D eigenvalue weighted by atomic mass is 10.1. The molecule has 0 N–H and O–H groups in total. The number of hydrogen-bond acceptors (Lipinski definition) is 6. The van der Waals surface area contributed by atoms with E-state index in [1.54, 1.807) is 0 Å². The Kier molecular flexibility index (Phi) is 45.8. The molecule has 63 heavy (non-hydrogen) atoms. The standard InChI is InChI=1S/C57H84O6/c1-4-7-10-13-16-19-22-25-26-27-28-29-30-33-35-38-41-44-47-50-56(59)62-53-54(63-57(60)51-48-45-42-39-36-32-24-21-18-15-12-9-6-3)52-61-55(58)49-46-43-40-37-34-31-23-20-17-14-11-8-5-2/h7-12,14-21,23-26,28-29,31-32,34,36,39,42,54H,4-6,13,22,27,30,33,35,37-38,40-41,43-53H2,1-3H3/b10-7+,11-8+,12-9+,17-14+,18-15+,19-16+,23-20+,24-21+,26-25+,29-28+,34-31+,36-32+,42-39+. The van der Waals surface area contributed by atoms with E-state index in [4.69, 9.17) is 14.2 Å². The molecule has 1 unspecified atom stereocenters. The molecule has 0 fully saturated rings. The molecule has 0 heterocycles. The van der Waals surface area contributed by atoms with E-state index in [1.165, 1.54) is 12.8 Å². The topological polar surface area (TPSA) is 78.9 Å². The Morgan fingerprint density at radius 3 is 1.14 bits per heavy atom. The third kappa shape index (κ3) is 47.9. The summed E-state index contributed by atoms with van der Waals surface area (Å²) in [5.74, 6) is -1.08. The van der Waals surface area contributed by atoms with Crippen molar-refractivity contribution >= 4 is 17.9 Å². The molecule has 0 aromatic carbocycles. The van der Waals surface area contributed by atoms with Crippen molar-refractivity contribution in [2.75, 3.05) is 13.2 Å². The summed E-state index contributed by atoms with van der Waals surface area (Å²) in [4.78, 5) is 37.9. The predicted octanol–water partition coefficient (Wildman–Crippen LogP) is 15.9. The van der Waals surface area contributed by atoms with Crippen molar-refractivity contribution in [3.63, 3.8) is 0 Å². The summed E-state index contributed by atoms with van der Waals surface area (Å²) in [5.41, 5.74) is 0. The van der Waals surface area contributed by atoms with Crippen LogP contribution in [0.2, 0.25) is 0 Å². The fraction of sp³-hybridized carbons (Fsp3) is 0.491. The van der Waals surface area contributed by atoms with Crippen molar-refractivity contribution in [2.45, 2.75) is 168 Å². The van der Waals surface area contributed by atoms with Gasteiger partial charge in [-0.2, -0.15) is 0 Å². The number of allylic oxidation sites excluding steroid dienone is 26. The second-order valence-electron chi connectivity index (χ2n) is 15.1. The first-order valence-corrected chi connectivity index (χ1v) is 24.1. The molecule has 1 atom stereocenters. The highest BCUT2D eigenvalue weighted by atomic mass is 16.6. The number of rotatable bonds is 40. The third-order valence-corrected chi connectivity index (χ3v) is 9.23. The average molecular weight is 865 g/mol. The van der Waals surface area contributed by atoms with Gasteiger partial charge in [-0.1, -0.05) is 211 Å². The molecule has 0 aliphatic heterocycles. The maximum absolute atomic E-state index is 12.7. The number of esters is 3. The Bertz CT molecular complexity index is 1510. The average Bonchev–Trinajstić information content (AvgIpc) is 3.28. The molecular formula is C57H84O6. The lowest BCUT2D eigenvalue weighted by molar-refractivity contribution is -0.167. The minimum Gasteiger partial charge on any atom is -0.462 e. The van der Waals surface area contributed by atoms with E-state index < -0.39 is 12.1 Å². The molecule has 0 radical (unpaired) electrons. The summed E-state index contributed by atoms with van der Waals surface area (Å²) in [7, 11) is 0. The van der Waals surface area contributed by atoms with Crippen LogP contribution in [-0.2, 0) is 28.6 Å². The van der Waals surface area contributed by atoms with E-state index in [0.29, 0.717) is 25.7 Å². The van der Waals surface area contributed by atoms with Crippen molar-refractivity contribution in [2.24, 2.45) is 0 Å². The van der Waals surface area contributed by atoms with E-state index in [0.717, 1.165) is 89.9 Å². The molecule has 0 amide bonds. The summed E-state index contributed by atoms with van der Waals surface area (Å²) in [6, 6.07) is 0. The number of unbranched alkanes of at least 4 members (excludes halogenated alkanes) is 10. The molecule has 0 saturated carbocycles. The quantitative estimate of drug-likeness (QED) is 0.0201. The zero-order chi connectivity index (χ0) is 45.8. The largest absolute Gasteiger partial charge is 0.462 e. The number of ether oxygens (including phenoxy) is 3. The van der Waals surface area contributed by atoms with E-state index >= 15 is 0 Å². The Morgan fingerprint density at radius 1 is 0.333 bits per heavy atom. The van der Waals surface area contributed by atoms with Crippen molar-refractivity contribution in [3.8, 4) is 0 Å². The van der Waals surface area contributed by atoms with Crippen LogP contribution in [0.3, 0.4) is 0 Å². The van der Waals surface area contributed by atoms with Gasteiger partial charge in [-0.05, 0) is 89.9 Å². The van der Waals surface area contributed by atoms with E-state index in [-0.39, 0.29) is 38.0 Å². The zero-order valence-electron chi connectivity index (χ0n) is 39.5. The van der Waals surface area contributed by atoms with Crippen LogP contribution >= 0.6 is 0 Å². The Morgan fingerprint density at radius 2 is 0.667 bits per heavy atom. The third-order valence-electron chi connectivity index (χ3n) is 9.23. The van der Waals surface area contributed by atoms with Crippen molar-refractivity contribution < 1.29 is 28.6 Å². The fourth-order valence-electron chi connectivity index (χ4n) is 5.71. The molecule has 6 heteroatoms. The highest BCUT2D eigenvalue weighted by molar-refractivity contribution is 5.71. The predicted molar refractivity (Wildman–Crippen MR) is 269 cm³/mol. The van der Waals surface area contributed by atoms with Crippen LogP contribution in [0.1, 0.15) is 162 Å². The lowest BCUT2D eigenvalue weighted by Gasteiger charge is -2.18. The van der Waals surface area contributed by atoms with Crippen molar-refractivity contribution in [1.29, 1.82) is 0 Å². The normalized spacial score (nSPS) is 13.5. The molecule has 348 valence electrons. The number of carbonyl (C=O) groups is 3. The Balaban J connectivity index is 4.58. The van der Waals surface area contributed by atoms with Crippen LogP contribution in [0.25, 0.3) is 0 Å². The van der Waals surface area contributed by atoms with Gasteiger partial charge in [0.15, 0.2) is 6.10 Å². The molecular weight excluding hydrogens is 781 g/mol. The Hall–Kier alpha value is -4.97. The van der Waals surface area contributed by atoms with Crippen LogP contribution in [0.5, 0.6) is 0 Å². The van der Waals surface area contributed by atoms with Crippen LogP contribution in [-0.4, -0.2) is 37.2 Å². The van der Waals surface area contributed by atoms with Gasteiger partial charge in [0, 0.05) is 19.3 Å². The molecule has 0 aromatic heterocycles. The van der Waals surface area contributed by atoms with Gasteiger partial charge in [-0.15, -0.1) is 0 Å². The number of carbonyl (C=O) groups excluding carboxylic acids is 3. The Labute approximate surface area is 384 Å². The summed E-state index contributed by atoms with van der Waals surface area (Å²) in [5, 5.41) is 0. The molecule has 0 aromatic rings. The van der Waals surface area contributed by atoms with E-state index in [1.807, 2.05) is 91.1 Å². The fourth-order valence-corrected chi connectivity index (χ4v) is 5.71. The van der Waals surface area contributed by atoms with Gasteiger partial charge in [0.2, 0.25) is 0 Å². The van der Waals surface area contributed by atoms with Gasteiger partial charge in [-0.3, -0.25) is 14.4 Å². The van der Waals surface area contributed by atoms with Crippen LogP contribution in [0, 0.1) is 0 Å². The van der Waals surface area contributed by atoms with Gasteiger partial charge in [0.25, 0.3) is 0 Å². The molecule has 0 bridgehead atoms. The van der Waals surface area contributed by atoms with E-state index in [2.05, 4.69) is 87.6 Å². The summed E-state index contributed by atoms with van der Waals surface area (Å²) in [6.07, 6.45) is 72.3. The molecule has 0 saturated heterocycles. The molecule has 0 aliphatic rings. The highest BCUT2D eigenvalue weighted by Gasteiger charge is 2.19. The van der Waals surface area contributed by atoms with Crippen molar-refractivity contribution in [3.05, 3.63) is 158 Å². The van der Waals surface area contributed by atoms with Crippen LogP contribution < -0.4 is 0 Å². The minimum absolute atomic E-state index is 0.135. The van der Waals surface area contributed by atoms with Gasteiger partial charge in [0.05, 0.1) is 0 Å². The first kappa shape index (κ1) is 58.0. The maximum Gasteiger partial charge on any atom is 0.306 e. The minimum atomic E-state index is -0.844. The van der Waals surface area contributed by atoms with Crippen molar-refractivity contribution in [1.82, 2.24) is 0 Å². The molecule has 0 aliphatic carbocycles. The second-order valence-corrected chi connectivity index (χ2v) is 15.1. The summed E-state index contributed by atoms with van der Waals surface area (Å²) >= 11 is 0. The SMILES string of the molecule is CC/C=C/C=C/C=C/C=C/C=C/CCCC(=O)OC(COC(=O)CCCCC/C=C/C=C/C=C/C=C/CC)COC(=O)CCCCCCCC/C=C/C/C=C/C/C=C/C/C=C/CC. The first-order valence-electron chi connectivity index (χ1n) is 24.1.